The van der Waals surface area contributed by atoms with E-state index in [0.717, 1.165) is 36.9 Å². The van der Waals surface area contributed by atoms with Crippen molar-refractivity contribution in [3.8, 4) is 11.3 Å². The Morgan fingerprint density at radius 1 is 1.20 bits per heavy atom. The summed E-state index contributed by atoms with van der Waals surface area (Å²) in [5.41, 5.74) is 2.98. The van der Waals surface area contributed by atoms with Gasteiger partial charge >= 0.3 is 5.97 Å². The van der Waals surface area contributed by atoms with Crippen molar-refractivity contribution < 1.29 is 14.6 Å². The summed E-state index contributed by atoms with van der Waals surface area (Å²) in [6.07, 6.45) is 9.92. The first-order valence-corrected chi connectivity index (χ1v) is 10.1. The lowest BCUT2D eigenvalue weighted by atomic mass is 9.93. The molecule has 2 heterocycles. The van der Waals surface area contributed by atoms with Crippen molar-refractivity contribution in [2.45, 2.75) is 44.8 Å². The fourth-order valence-electron chi connectivity index (χ4n) is 3.93. The zero-order valence-corrected chi connectivity index (χ0v) is 17.1. The summed E-state index contributed by atoms with van der Waals surface area (Å²) >= 11 is 0. The molecule has 30 heavy (non-hydrogen) atoms. The van der Waals surface area contributed by atoms with E-state index in [-0.39, 0.29) is 5.56 Å². The summed E-state index contributed by atoms with van der Waals surface area (Å²) in [6.45, 7) is 1.87. The number of aryl methyl sites for hydroxylation is 1. The number of methoxy groups -OCH3 is 1. The lowest BCUT2D eigenvalue weighted by molar-refractivity contribution is 0.0568. The van der Waals surface area contributed by atoms with Crippen molar-refractivity contribution in [3.05, 3.63) is 54.0 Å². The Balaban J connectivity index is 1.54. The van der Waals surface area contributed by atoms with Crippen LogP contribution in [0.2, 0.25) is 0 Å². The fourth-order valence-corrected chi connectivity index (χ4v) is 3.93. The second-order valence-corrected chi connectivity index (χ2v) is 7.58. The molecule has 8 heteroatoms. The molecule has 3 aromatic rings. The van der Waals surface area contributed by atoms with Gasteiger partial charge in [0, 0.05) is 25.1 Å². The number of nitrogens with zero attached hydrogens (tertiary/aromatic N) is 4. The van der Waals surface area contributed by atoms with Crippen LogP contribution in [-0.2, 0) is 4.74 Å². The highest BCUT2D eigenvalue weighted by Gasteiger charge is 2.23. The second-order valence-electron chi connectivity index (χ2n) is 7.58. The molecule has 0 atom stereocenters. The molecule has 1 aromatic carbocycles. The number of anilines is 2. The van der Waals surface area contributed by atoms with Gasteiger partial charge < -0.3 is 15.2 Å². The molecule has 2 N–H and O–H groups in total. The molecule has 0 amide bonds. The van der Waals surface area contributed by atoms with Crippen molar-refractivity contribution in [1.29, 1.82) is 0 Å². The van der Waals surface area contributed by atoms with Gasteiger partial charge in [0.2, 0.25) is 5.95 Å². The molecule has 1 fully saturated rings. The summed E-state index contributed by atoms with van der Waals surface area (Å²) in [4.78, 5) is 20.5. The number of hydrogen-bond acceptors (Lipinski definition) is 6. The molecule has 0 unspecified atom stereocenters. The van der Waals surface area contributed by atoms with E-state index < -0.39 is 5.97 Å². The molecule has 8 nitrogen and oxygen atoms in total. The van der Waals surface area contributed by atoms with Crippen molar-refractivity contribution in [2.24, 2.45) is 0 Å². The Hall–Kier alpha value is -3.26. The van der Waals surface area contributed by atoms with Gasteiger partial charge in [0.1, 0.15) is 0 Å². The van der Waals surface area contributed by atoms with Crippen LogP contribution in [0, 0.1) is 6.92 Å². The number of aromatic carboxylic acids is 1. The maximum absolute atomic E-state index is 11.6. The minimum Gasteiger partial charge on any atom is -0.478 e. The summed E-state index contributed by atoms with van der Waals surface area (Å²) in [6, 6.07) is 7.21. The molecule has 0 radical (unpaired) electrons. The molecular formula is C22H25N5O3. The van der Waals surface area contributed by atoms with Gasteiger partial charge in [-0.25, -0.2) is 14.8 Å². The number of carboxylic acids is 1. The Kier molecular flexibility index (Phi) is 5.76. The van der Waals surface area contributed by atoms with Crippen molar-refractivity contribution in [1.82, 2.24) is 19.7 Å². The van der Waals surface area contributed by atoms with Gasteiger partial charge in [-0.2, -0.15) is 5.10 Å². The zero-order valence-electron chi connectivity index (χ0n) is 17.1. The van der Waals surface area contributed by atoms with E-state index in [1.54, 1.807) is 43.8 Å². The van der Waals surface area contributed by atoms with Gasteiger partial charge in [-0.3, -0.25) is 4.68 Å². The van der Waals surface area contributed by atoms with Crippen molar-refractivity contribution in [3.63, 3.8) is 0 Å². The average molecular weight is 407 g/mol. The van der Waals surface area contributed by atoms with Crippen LogP contribution in [0.5, 0.6) is 0 Å². The van der Waals surface area contributed by atoms with E-state index >= 15 is 0 Å². The van der Waals surface area contributed by atoms with E-state index in [2.05, 4.69) is 20.4 Å². The maximum atomic E-state index is 11.6. The summed E-state index contributed by atoms with van der Waals surface area (Å²) in [5, 5.41) is 17.2. The van der Waals surface area contributed by atoms with Gasteiger partial charge in [0.05, 0.1) is 35.3 Å². The van der Waals surface area contributed by atoms with E-state index in [9.17, 15) is 9.90 Å². The minimum atomic E-state index is -0.984. The average Bonchev–Trinajstić information content (AvgIpc) is 3.23. The van der Waals surface area contributed by atoms with Crippen LogP contribution in [-0.4, -0.2) is 44.0 Å². The van der Waals surface area contributed by atoms with Crippen LogP contribution in [0.4, 0.5) is 11.6 Å². The number of aromatic nitrogens is 4. The van der Waals surface area contributed by atoms with Gasteiger partial charge in [-0.05, 0) is 44.2 Å². The second kappa shape index (κ2) is 8.62. The topological polar surface area (TPSA) is 102 Å². The molecule has 0 bridgehead atoms. The van der Waals surface area contributed by atoms with Gasteiger partial charge in [-0.1, -0.05) is 18.2 Å². The molecule has 156 valence electrons. The predicted molar refractivity (Wildman–Crippen MR) is 113 cm³/mol. The van der Waals surface area contributed by atoms with Gasteiger partial charge in [-0.15, -0.1) is 0 Å². The monoisotopic (exact) mass is 407 g/mol. The van der Waals surface area contributed by atoms with Gasteiger partial charge in [0.25, 0.3) is 0 Å². The van der Waals surface area contributed by atoms with Crippen molar-refractivity contribution >= 4 is 17.6 Å². The maximum Gasteiger partial charge on any atom is 0.336 e. The molecule has 0 saturated heterocycles. The SMILES string of the molecule is COC1CCC(n2cc(Nc3ncc(C)c(-c4ccccc4C(=O)O)n3)cn2)CC1. The van der Waals surface area contributed by atoms with Crippen LogP contribution in [0.15, 0.2) is 42.9 Å². The number of carboxylic acid groups (broad SMARTS) is 1. The lowest BCUT2D eigenvalue weighted by Gasteiger charge is -2.27. The third-order valence-electron chi connectivity index (χ3n) is 5.59. The number of rotatable bonds is 6. The van der Waals surface area contributed by atoms with Crippen LogP contribution < -0.4 is 5.32 Å². The van der Waals surface area contributed by atoms with Gasteiger partial charge in [0.15, 0.2) is 0 Å². The highest BCUT2D eigenvalue weighted by atomic mass is 16.5. The number of carbonyl (C=O) groups is 1. The third kappa shape index (κ3) is 4.18. The normalized spacial score (nSPS) is 18.9. The van der Waals surface area contributed by atoms with E-state index in [1.165, 1.54) is 0 Å². The van der Waals surface area contributed by atoms with Crippen LogP contribution in [0.3, 0.4) is 0 Å². The first-order chi connectivity index (χ1) is 14.5. The molecule has 1 aliphatic carbocycles. The largest absolute Gasteiger partial charge is 0.478 e. The summed E-state index contributed by atoms with van der Waals surface area (Å²) < 4.78 is 7.43. The predicted octanol–water partition coefficient (Wildman–Crippen LogP) is 4.22. The molecular weight excluding hydrogens is 382 g/mol. The third-order valence-corrected chi connectivity index (χ3v) is 5.59. The number of nitrogens with one attached hydrogen (secondary N) is 1. The number of benzene rings is 1. The molecule has 0 spiro atoms. The standard InChI is InChI=1S/C22H25N5O3/c1-14-11-23-22(26-20(14)18-5-3-4-6-19(18)21(28)29)25-15-12-24-27(13-15)16-7-9-17(30-2)10-8-16/h3-6,11-13,16-17H,7-10H2,1-2H3,(H,28,29)(H,23,25,26). The number of hydrogen-bond donors (Lipinski definition) is 2. The number of ether oxygens (including phenoxy) is 1. The summed E-state index contributed by atoms with van der Waals surface area (Å²) in [7, 11) is 1.77. The lowest BCUT2D eigenvalue weighted by Crippen LogP contribution is -2.22. The van der Waals surface area contributed by atoms with E-state index in [1.807, 2.05) is 17.8 Å². The van der Waals surface area contributed by atoms with Crippen LogP contribution in [0.1, 0.15) is 47.6 Å². The Morgan fingerprint density at radius 2 is 1.97 bits per heavy atom. The molecule has 4 rings (SSSR count). The molecule has 1 aliphatic rings. The molecule has 1 saturated carbocycles. The minimum absolute atomic E-state index is 0.213. The van der Waals surface area contributed by atoms with E-state index in [0.29, 0.717) is 29.4 Å². The smallest absolute Gasteiger partial charge is 0.336 e. The van der Waals surface area contributed by atoms with E-state index in [4.69, 9.17) is 4.74 Å². The first kappa shape index (κ1) is 20.0. The fraction of sp³-hybridized carbons (Fsp3) is 0.364. The highest BCUT2D eigenvalue weighted by Crippen LogP contribution is 2.30. The zero-order chi connectivity index (χ0) is 21.1. The Labute approximate surface area is 174 Å². The first-order valence-electron chi connectivity index (χ1n) is 10.1. The Bertz CT molecular complexity index is 1040. The van der Waals surface area contributed by atoms with Crippen LogP contribution in [0.25, 0.3) is 11.3 Å². The molecule has 0 aliphatic heterocycles. The quantitative estimate of drug-likeness (QED) is 0.631. The highest BCUT2D eigenvalue weighted by molar-refractivity contribution is 5.95. The Morgan fingerprint density at radius 3 is 2.70 bits per heavy atom. The summed E-state index contributed by atoms with van der Waals surface area (Å²) in [5.74, 6) is -0.582. The molecule has 2 aromatic heterocycles. The van der Waals surface area contributed by atoms with Crippen LogP contribution >= 0.6 is 0 Å². The van der Waals surface area contributed by atoms with Crippen molar-refractivity contribution in [2.75, 3.05) is 12.4 Å².